The molecule has 0 saturated carbocycles. The van der Waals surface area contributed by atoms with Gasteiger partial charge >= 0.3 is 12.1 Å². The van der Waals surface area contributed by atoms with Gasteiger partial charge in [-0.2, -0.15) is 13.2 Å². The van der Waals surface area contributed by atoms with Gasteiger partial charge < -0.3 is 28.9 Å². The van der Waals surface area contributed by atoms with E-state index in [4.69, 9.17) is 18.3 Å². The lowest BCUT2D eigenvalue weighted by Gasteiger charge is -2.45. The number of rotatable bonds is 6. The van der Waals surface area contributed by atoms with Gasteiger partial charge in [0.25, 0.3) is 0 Å². The molecule has 1 atom stereocenters. The molecule has 1 fully saturated rings. The van der Waals surface area contributed by atoms with Crippen molar-refractivity contribution < 1.29 is 40.7 Å². The zero-order chi connectivity index (χ0) is 32.5. The lowest BCUT2D eigenvalue weighted by atomic mass is 9.96. The molecule has 0 aliphatic carbocycles. The minimum Gasteiger partial charge on any atom is -0.497 e. The summed E-state index contributed by atoms with van der Waals surface area (Å²) in [5.41, 5.74) is 0.0301. The van der Waals surface area contributed by atoms with Gasteiger partial charge in [0, 0.05) is 43.5 Å². The zero-order valence-electron chi connectivity index (χ0n) is 25.8. The number of fused-ring (bicyclic) bond motifs is 1. The number of carbonyl (C=O) groups is 1. The van der Waals surface area contributed by atoms with Crippen molar-refractivity contribution in [3.63, 3.8) is 0 Å². The summed E-state index contributed by atoms with van der Waals surface area (Å²) in [7, 11) is -0.103. The number of halogens is 4. The van der Waals surface area contributed by atoms with Crippen LogP contribution in [0, 0.1) is 5.82 Å². The minimum absolute atomic E-state index is 0.00756. The van der Waals surface area contributed by atoms with Crippen LogP contribution in [0.2, 0.25) is 0 Å². The number of hydrogen-bond donors (Lipinski definition) is 0. The van der Waals surface area contributed by atoms with Crippen LogP contribution in [0.3, 0.4) is 0 Å². The average Bonchev–Trinajstić information content (AvgIpc) is 2.99. The van der Waals surface area contributed by atoms with Crippen molar-refractivity contribution in [2.75, 3.05) is 57.2 Å². The molecule has 222 valence electrons. The van der Waals surface area contributed by atoms with Crippen LogP contribution in [0.1, 0.15) is 27.7 Å². The number of benzene rings is 3. The fraction of sp³-hybridized carbons (Fsp3) is 0.333. The van der Waals surface area contributed by atoms with Crippen LogP contribution in [-0.2, 0) is 15.7 Å². The van der Waals surface area contributed by atoms with Crippen molar-refractivity contribution in [2.45, 2.75) is 18.6 Å². The molecule has 2 aliphatic heterocycles. The van der Waals surface area contributed by atoms with E-state index in [-0.39, 0.29) is 35.3 Å². The van der Waals surface area contributed by atoms with Crippen molar-refractivity contribution >= 4 is 29.0 Å². The molecule has 0 aromatic heterocycles. The Hall–Kier alpha value is -4.48. The van der Waals surface area contributed by atoms with E-state index in [1.54, 1.807) is 29.2 Å². The lowest BCUT2D eigenvalue weighted by Crippen LogP contribution is -2.55. The molecule has 0 amide bonds. The van der Waals surface area contributed by atoms with Crippen LogP contribution in [0.4, 0.5) is 34.6 Å². The van der Waals surface area contributed by atoms with Crippen LogP contribution in [-0.4, -0.2) is 64.3 Å². The Morgan fingerprint density at radius 3 is 2.43 bits per heavy atom. The topological polar surface area (TPSA) is 66.8 Å². The van der Waals surface area contributed by atoms with Gasteiger partial charge in [-0.3, -0.25) is 4.79 Å². The van der Waals surface area contributed by atoms with Crippen molar-refractivity contribution in [3.05, 3.63) is 77.6 Å². The molecule has 8 nitrogen and oxygen atoms in total. The van der Waals surface area contributed by atoms with Crippen molar-refractivity contribution in [3.8, 4) is 11.5 Å². The summed E-state index contributed by atoms with van der Waals surface area (Å²) >= 11 is 0. The first kappa shape index (κ1) is 25.2. The molecule has 12 heteroatoms. The Balaban J connectivity index is 1.56. The number of esters is 1. The van der Waals surface area contributed by atoms with E-state index in [2.05, 4.69) is 4.99 Å². The summed E-state index contributed by atoms with van der Waals surface area (Å²) in [6.07, 6.45) is -5.00. The first-order valence-electron chi connectivity index (χ1n) is 14.6. The Bertz CT molecular complexity index is 1590. The third kappa shape index (κ3) is 5.65. The molecule has 2 aliphatic rings. The van der Waals surface area contributed by atoms with Gasteiger partial charge in [0.05, 0.1) is 49.1 Å². The summed E-state index contributed by atoms with van der Waals surface area (Å²) in [4.78, 5) is 22.6. The number of guanidine groups is 1. The number of ether oxygens (including phenoxy) is 3. The highest BCUT2D eigenvalue weighted by atomic mass is 19.4. The molecule has 1 unspecified atom stereocenters. The molecule has 3 aromatic rings. The van der Waals surface area contributed by atoms with Crippen LogP contribution >= 0.6 is 0 Å². The number of anilines is 2. The molecular weight excluding hydrogens is 556 g/mol. The van der Waals surface area contributed by atoms with Gasteiger partial charge in [0.2, 0.25) is 5.96 Å². The molecule has 0 radical (unpaired) electrons. The number of carbonyl (C=O) groups excluding carboxylic acids is 1. The number of piperazine rings is 1. The largest absolute Gasteiger partial charge is 0.497 e. The fourth-order valence-corrected chi connectivity index (χ4v) is 5.26. The average molecular weight is 590 g/mol. The predicted molar refractivity (Wildman–Crippen MR) is 150 cm³/mol. The number of alkyl halides is 3. The molecular formula is C30H30F4N4O4. The highest BCUT2D eigenvalue weighted by molar-refractivity contribution is 6.02. The monoisotopic (exact) mass is 589 g/mol. The Labute approximate surface area is 244 Å². The van der Waals surface area contributed by atoms with Gasteiger partial charge in [-0.25, -0.2) is 9.38 Å². The summed E-state index contributed by atoms with van der Waals surface area (Å²) in [6, 6.07) is 12.9. The molecule has 1 saturated heterocycles. The standard InChI is InChI=1S/C30H30F4N4O4/c1-40-21-7-4-6-20(17-21)36-12-14-37(15-13-36)29-35-28-22(8-5-9-23(28)31)24(18-27(39)42-3)38(29)25-16-19(30(32,33)34)10-11-26(25)41-2/h4-11,16-17,24H,12-15,18H2,1-3H3/i1D3. The quantitative estimate of drug-likeness (QED) is 0.266. The van der Waals surface area contributed by atoms with E-state index in [0.29, 0.717) is 37.4 Å². The van der Waals surface area contributed by atoms with Crippen molar-refractivity contribution in [2.24, 2.45) is 4.99 Å². The maximum absolute atomic E-state index is 15.2. The van der Waals surface area contributed by atoms with E-state index in [0.717, 1.165) is 12.1 Å². The predicted octanol–water partition coefficient (Wildman–Crippen LogP) is 5.80. The molecule has 0 N–H and O–H groups in total. The van der Waals surface area contributed by atoms with E-state index >= 15 is 4.39 Å². The lowest BCUT2D eigenvalue weighted by molar-refractivity contribution is -0.141. The maximum atomic E-state index is 15.2. The van der Waals surface area contributed by atoms with E-state index in [1.165, 1.54) is 43.4 Å². The van der Waals surface area contributed by atoms with Crippen LogP contribution in [0.25, 0.3) is 0 Å². The number of aliphatic imine (C=N–C) groups is 1. The zero-order valence-corrected chi connectivity index (χ0v) is 22.8. The summed E-state index contributed by atoms with van der Waals surface area (Å²) in [6.45, 7) is 1.40. The minimum atomic E-state index is -4.68. The number of nitrogens with zero attached hydrogens (tertiary/aromatic N) is 4. The Morgan fingerprint density at radius 2 is 1.74 bits per heavy atom. The second kappa shape index (κ2) is 11.8. The molecule has 0 bridgehead atoms. The van der Waals surface area contributed by atoms with Gasteiger partial charge in [-0.15, -0.1) is 0 Å². The van der Waals surface area contributed by atoms with E-state index in [9.17, 15) is 18.0 Å². The Morgan fingerprint density at radius 1 is 1.00 bits per heavy atom. The molecule has 5 rings (SSSR count). The third-order valence-electron chi connectivity index (χ3n) is 7.33. The van der Waals surface area contributed by atoms with Gasteiger partial charge in [-0.05, 0) is 36.4 Å². The smallest absolute Gasteiger partial charge is 0.416 e. The second-order valence-corrected chi connectivity index (χ2v) is 9.71. The second-order valence-electron chi connectivity index (χ2n) is 9.71. The normalized spacial score (nSPS) is 18.3. The third-order valence-corrected chi connectivity index (χ3v) is 7.33. The highest BCUT2D eigenvalue weighted by Gasteiger charge is 2.40. The summed E-state index contributed by atoms with van der Waals surface area (Å²) in [5.74, 6) is -0.905. The van der Waals surface area contributed by atoms with E-state index in [1.807, 2.05) is 4.90 Å². The van der Waals surface area contributed by atoms with Crippen LogP contribution in [0.5, 0.6) is 11.5 Å². The molecule has 2 heterocycles. The number of para-hydroxylation sites is 1. The van der Waals surface area contributed by atoms with Crippen LogP contribution in [0.15, 0.2) is 65.7 Å². The number of methoxy groups -OCH3 is 3. The molecule has 3 aromatic carbocycles. The van der Waals surface area contributed by atoms with E-state index < -0.39 is 36.6 Å². The Kier molecular flexibility index (Phi) is 7.09. The van der Waals surface area contributed by atoms with Gasteiger partial charge in [-0.1, -0.05) is 18.2 Å². The summed E-state index contributed by atoms with van der Waals surface area (Å²) in [5, 5.41) is 0. The van der Waals surface area contributed by atoms with Crippen molar-refractivity contribution in [1.82, 2.24) is 4.90 Å². The fourth-order valence-electron chi connectivity index (χ4n) is 5.26. The van der Waals surface area contributed by atoms with Gasteiger partial charge in [0.1, 0.15) is 23.0 Å². The SMILES string of the molecule is [2H]C([2H])([2H])Oc1cccc(N2CCN(C3=Nc4c(F)cccc4C(CC(=O)OC)N3c3cc(C(F)(F)F)ccc3OC)CC2)c1. The molecule has 0 spiro atoms. The summed E-state index contributed by atoms with van der Waals surface area (Å²) < 4.78 is 94.6. The van der Waals surface area contributed by atoms with Gasteiger partial charge in [0.15, 0.2) is 0 Å². The first-order chi connectivity index (χ1) is 21.3. The maximum Gasteiger partial charge on any atom is 0.416 e. The highest BCUT2D eigenvalue weighted by Crippen LogP contribution is 2.46. The number of hydrogen-bond acceptors (Lipinski definition) is 8. The van der Waals surface area contributed by atoms with Crippen LogP contribution < -0.4 is 19.3 Å². The first-order valence-corrected chi connectivity index (χ1v) is 13.1. The molecule has 42 heavy (non-hydrogen) atoms. The van der Waals surface area contributed by atoms with Crippen molar-refractivity contribution in [1.29, 1.82) is 0 Å².